The number of fused-ring (bicyclic) bond motifs is 4. The number of nitrogens with zero attached hydrogens (tertiary/aromatic N) is 4. The molecule has 0 radical (unpaired) electrons. The van der Waals surface area contributed by atoms with Gasteiger partial charge in [0.25, 0.3) is 0 Å². The van der Waals surface area contributed by atoms with Gasteiger partial charge in [-0.3, -0.25) is 0 Å². The van der Waals surface area contributed by atoms with Crippen LogP contribution in [-0.4, -0.2) is 188 Å². The number of furan rings is 1. The van der Waals surface area contributed by atoms with Crippen molar-refractivity contribution in [3.8, 4) is 45.3 Å². The molecule has 0 aliphatic heterocycles. The van der Waals surface area contributed by atoms with Crippen LogP contribution in [0, 0.1) is 0 Å². The lowest BCUT2D eigenvalue weighted by Gasteiger charge is -2.39. The van der Waals surface area contributed by atoms with E-state index in [1.807, 2.05) is 36.4 Å². The standard InChI is InChI=1S/C49H54B22N4O/c50-20-14(22(52)23(53)17-15(20)24(54)36(66)42(26(17)56)75(43-37(67)31(61)29(59)32(62)38(43)68)44-39(69)33(63)30(60)34(64)40(44)70)16-21(51)19(13-18-25(55)28(58)35(65)41(71)46(18)76-45(13)27(16)57)49-73-47(11-7-3-1-4-8-11)72-48(74-49)12-9-5-2-6-10-12/h1-10H,50-71H2. The Kier molecular flexibility index (Phi) is 13.7. The summed E-state index contributed by atoms with van der Waals surface area (Å²) in [7, 11) is 50.8. The molecule has 27 heteroatoms. The molecule has 0 fully saturated rings. The summed E-state index contributed by atoms with van der Waals surface area (Å²) in [4.78, 5) is 18.8. The molecule has 2 aromatic heterocycles. The van der Waals surface area contributed by atoms with Crippen molar-refractivity contribution in [1.82, 2.24) is 15.0 Å². The monoisotopic (exact) mass is 957 g/mol. The van der Waals surface area contributed by atoms with E-state index < -0.39 is 0 Å². The highest BCUT2D eigenvalue weighted by Crippen LogP contribution is 2.36. The van der Waals surface area contributed by atoms with Crippen molar-refractivity contribution in [2.24, 2.45) is 0 Å². The zero-order valence-electron chi connectivity index (χ0n) is 49.5. The molecule has 76 heavy (non-hydrogen) atoms. The Labute approximate surface area is 469 Å². The van der Waals surface area contributed by atoms with Gasteiger partial charge in [-0.15, -0.1) is 16.4 Å². The van der Waals surface area contributed by atoms with Gasteiger partial charge in [0.1, 0.15) is 184 Å². The van der Waals surface area contributed by atoms with E-state index in [2.05, 4.69) is 202 Å². The van der Waals surface area contributed by atoms with Gasteiger partial charge in [-0.05, 0) is 27.4 Å². The fourth-order valence-electron chi connectivity index (χ4n) is 13.3. The van der Waals surface area contributed by atoms with Crippen LogP contribution < -0.4 is 125 Å². The van der Waals surface area contributed by atoms with Gasteiger partial charge in [0.05, 0.1) is 0 Å². The molecule has 0 saturated carbocycles. The molecule has 0 unspecified atom stereocenters. The second-order valence-corrected chi connectivity index (χ2v) is 22.6. The van der Waals surface area contributed by atoms with Gasteiger partial charge in [-0.1, -0.05) is 159 Å². The Morgan fingerprint density at radius 3 is 1.05 bits per heavy atom. The topological polar surface area (TPSA) is 55.1 Å². The Bertz CT molecular complexity index is 4030. The average molecular weight is 953 g/mol. The third-order valence-corrected chi connectivity index (χ3v) is 19.1. The summed E-state index contributed by atoms with van der Waals surface area (Å²) in [5, 5.41) is 4.82. The highest BCUT2D eigenvalue weighted by molar-refractivity contribution is 6.74. The minimum atomic E-state index is 0.634. The fourth-order valence-corrected chi connectivity index (χ4v) is 13.3. The molecular formula is C49H54B22N4O. The minimum Gasteiger partial charge on any atom is -0.457 e. The van der Waals surface area contributed by atoms with E-state index in [0.717, 1.165) is 55.0 Å². The van der Waals surface area contributed by atoms with E-state index in [0.29, 0.717) is 17.5 Å². The molecular weight excluding hydrogens is 898 g/mol. The predicted molar refractivity (Wildman–Crippen MR) is 401 cm³/mol. The van der Waals surface area contributed by atoms with E-state index in [-0.39, 0.29) is 0 Å². The Morgan fingerprint density at radius 2 is 0.579 bits per heavy atom. The third kappa shape index (κ3) is 7.80. The van der Waals surface area contributed by atoms with Crippen LogP contribution in [0.5, 0.6) is 0 Å². The molecule has 0 atom stereocenters. The van der Waals surface area contributed by atoms with Gasteiger partial charge < -0.3 is 9.32 Å². The summed E-state index contributed by atoms with van der Waals surface area (Å²) in [6.45, 7) is 0. The van der Waals surface area contributed by atoms with Crippen molar-refractivity contribution >= 4 is 343 Å². The first-order valence-electron chi connectivity index (χ1n) is 27.2. The van der Waals surface area contributed by atoms with Crippen LogP contribution in [0.3, 0.4) is 0 Å². The van der Waals surface area contributed by atoms with Crippen LogP contribution in [0.4, 0.5) is 17.1 Å². The zero-order valence-corrected chi connectivity index (χ0v) is 49.5. The number of hydrogen-bond donors (Lipinski definition) is 0. The van der Waals surface area contributed by atoms with E-state index >= 15 is 0 Å². The Morgan fingerprint density at radius 1 is 0.250 bits per heavy atom. The van der Waals surface area contributed by atoms with Crippen LogP contribution in [0.1, 0.15) is 0 Å². The highest BCUT2D eigenvalue weighted by Gasteiger charge is 2.32. The summed E-state index contributed by atoms with van der Waals surface area (Å²) in [5.41, 5.74) is 39.2. The van der Waals surface area contributed by atoms with Gasteiger partial charge in [-0.2, -0.15) is 0 Å². The maximum absolute atomic E-state index is 7.34. The Balaban J connectivity index is 1.35. The molecule has 0 aliphatic rings. The SMILES string of the molecule is Bc1c(B)c(B)c(N(c2c(B)c(B)c(B)c(B)c2B)c2c(B)c(B)c3c(B)c(-c4c(B)c(-c5nc(-c6ccccc6)nc(-c6ccccc6)n5)c5c(oc6c(B)c(B)c(B)c(B)c65)c4B)c(B)c(B)c3c2B)c(B)c1B. The molecule has 0 aliphatic carbocycles. The molecule has 342 valence electrons. The smallest absolute Gasteiger partial charge is 0.164 e. The molecule has 2 heterocycles. The van der Waals surface area contributed by atoms with Gasteiger partial charge in [-0.25, -0.2) is 15.0 Å². The molecule has 0 amide bonds. The normalized spacial score (nSPS) is 11.5. The van der Waals surface area contributed by atoms with Crippen molar-refractivity contribution in [2.45, 2.75) is 0 Å². The summed E-state index contributed by atoms with van der Waals surface area (Å²) < 4.78 is 7.34. The van der Waals surface area contributed by atoms with Crippen LogP contribution in [0.25, 0.3) is 78.0 Å². The van der Waals surface area contributed by atoms with E-state index in [1.165, 1.54) is 143 Å². The second kappa shape index (κ2) is 19.5. The van der Waals surface area contributed by atoms with Crippen LogP contribution in [0.2, 0.25) is 0 Å². The van der Waals surface area contributed by atoms with Crippen LogP contribution in [0.15, 0.2) is 65.1 Å². The van der Waals surface area contributed by atoms with Crippen molar-refractivity contribution in [3.05, 3.63) is 60.7 Å². The second-order valence-electron chi connectivity index (χ2n) is 22.6. The molecule has 5 nitrogen and oxygen atoms in total. The predicted octanol–water partition coefficient (Wildman–Crippen LogP) is -25.3. The van der Waals surface area contributed by atoms with E-state index in [9.17, 15) is 0 Å². The van der Waals surface area contributed by atoms with Gasteiger partial charge >= 0.3 is 0 Å². The van der Waals surface area contributed by atoms with Gasteiger partial charge in [0.15, 0.2) is 17.5 Å². The van der Waals surface area contributed by atoms with Crippen molar-refractivity contribution < 1.29 is 4.42 Å². The number of anilines is 3. The lowest BCUT2D eigenvalue weighted by molar-refractivity contribution is 0.675. The van der Waals surface area contributed by atoms with Gasteiger partial charge in [0, 0.05) is 44.5 Å². The molecule has 8 aromatic carbocycles. The zero-order chi connectivity index (χ0) is 55.0. The molecule has 10 aromatic rings. The first kappa shape index (κ1) is 53.5. The highest BCUT2D eigenvalue weighted by atomic mass is 16.3. The van der Waals surface area contributed by atoms with Crippen molar-refractivity contribution in [2.75, 3.05) is 4.90 Å². The lowest BCUT2D eigenvalue weighted by atomic mass is 9.58. The van der Waals surface area contributed by atoms with Crippen molar-refractivity contribution in [3.63, 3.8) is 0 Å². The number of aromatic nitrogens is 3. The molecule has 10 rings (SSSR count). The van der Waals surface area contributed by atoms with Crippen LogP contribution in [-0.2, 0) is 0 Å². The fraction of sp³-hybridized carbons (Fsp3) is 0. The Hall–Kier alpha value is -5.94. The molecule has 0 saturated heterocycles. The van der Waals surface area contributed by atoms with Crippen molar-refractivity contribution in [1.29, 1.82) is 0 Å². The molecule has 0 spiro atoms. The minimum absolute atomic E-state index is 0.634. The van der Waals surface area contributed by atoms with E-state index in [4.69, 9.17) is 19.4 Å². The molecule has 0 N–H and O–H groups in total. The third-order valence-electron chi connectivity index (χ3n) is 19.1. The number of rotatable bonds is 7. The van der Waals surface area contributed by atoms with Crippen LogP contribution >= 0.6 is 0 Å². The summed E-state index contributed by atoms with van der Waals surface area (Å²) in [6, 6.07) is 20.6. The quantitative estimate of drug-likeness (QED) is 0.149. The first-order valence-corrected chi connectivity index (χ1v) is 27.2. The maximum atomic E-state index is 7.34. The number of benzene rings is 8. The first-order chi connectivity index (χ1) is 35.9. The average Bonchev–Trinajstić information content (AvgIpc) is 4.03. The largest absolute Gasteiger partial charge is 0.457 e. The molecule has 0 bridgehead atoms. The van der Waals surface area contributed by atoms with Gasteiger partial charge in [0.2, 0.25) is 0 Å². The maximum Gasteiger partial charge on any atom is 0.164 e. The summed E-state index contributed by atoms with van der Waals surface area (Å²) >= 11 is 0. The summed E-state index contributed by atoms with van der Waals surface area (Å²) in [5.74, 6) is 1.90. The summed E-state index contributed by atoms with van der Waals surface area (Å²) in [6.07, 6.45) is 0. The lowest BCUT2D eigenvalue weighted by Crippen LogP contribution is -2.60. The number of hydrogen-bond acceptors (Lipinski definition) is 5. The van der Waals surface area contributed by atoms with E-state index in [1.54, 1.807) is 0 Å².